The second-order valence-corrected chi connectivity index (χ2v) is 34.0. The number of fused-ring (bicyclic) bond motifs is 6. The number of ketones is 1. The average Bonchev–Trinajstić information content (AvgIpc) is 1.59. The summed E-state index contributed by atoms with van der Waals surface area (Å²) in [4.78, 5) is 251. The molecule has 19 N–H and O–H groups in total. The number of carbonyl (C=O) groups excluding carboxylic acids is 16. The first kappa shape index (κ1) is 105. The number of imide groups is 1. The second-order valence-electron chi connectivity index (χ2n) is 32.4. The van der Waals surface area contributed by atoms with Crippen molar-refractivity contribution in [3.63, 3.8) is 0 Å². The quantitative estimate of drug-likeness (QED) is 0.00463. The number of hydrogen-bond acceptors (Lipinski definition) is 27. The number of nitrogens with two attached hydrogens (primary N) is 2. The lowest BCUT2D eigenvalue weighted by Crippen LogP contribution is -2.55. The molecule has 2 aliphatic rings. The van der Waals surface area contributed by atoms with Gasteiger partial charge in [0.15, 0.2) is 16.9 Å². The fraction of sp³-hybridized carbons (Fsp3) is 0.333. The first-order valence-corrected chi connectivity index (χ1v) is 44.6. The van der Waals surface area contributed by atoms with E-state index in [1.165, 1.54) is 37.6 Å². The Morgan fingerprint density at radius 2 is 1.31 bits per heavy atom. The highest BCUT2D eigenvalue weighted by atomic mass is 35.5. The van der Waals surface area contributed by atoms with Gasteiger partial charge in [-0.25, -0.2) is 15.4 Å². The Kier molecular flexibility index (Phi) is 37.9. The maximum absolute atomic E-state index is 13.9. The third-order valence-corrected chi connectivity index (χ3v) is 23.6. The first-order chi connectivity index (χ1) is 65.3. The minimum absolute atomic E-state index is 0.0247. The molecule has 1 saturated heterocycles. The molecule has 44 heteroatoms. The highest BCUT2D eigenvalue weighted by Crippen LogP contribution is 2.44. The number of benzene rings is 6. The van der Waals surface area contributed by atoms with Crippen molar-refractivity contribution in [1.29, 1.82) is 5.41 Å². The van der Waals surface area contributed by atoms with Crippen LogP contribution in [0, 0.1) is 31.1 Å². The molecule has 137 heavy (non-hydrogen) atoms. The molecular weight excluding hydrogens is 1810 g/mol. The van der Waals surface area contributed by atoms with Crippen molar-refractivity contribution in [2.75, 3.05) is 57.9 Å². The number of carboxylic acids is 2. The van der Waals surface area contributed by atoms with Gasteiger partial charge in [-0.2, -0.15) is 29.3 Å². The molecule has 1 fully saturated rings. The van der Waals surface area contributed by atoms with Gasteiger partial charge in [-0.3, -0.25) is 87.2 Å². The molecule has 6 aromatic carbocycles. The lowest BCUT2D eigenvalue weighted by atomic mass is 9.93. The Hall–Kier alpha value is -16.0. The molecule has 12 rings (SSSR count). The van der Waals surface area contributed by atoms with Crippen LogP contribution in [0.25, 0.3) is 43.7 Å². The number of nitrogen functional groups attached to an aromatic ring is 1. The maximum Gasteiger partial charge on any atom is 0.373 e. The molecule has 0 bridgehead atoms. The van der Waals surface area contributed by atoms with Gasteiger partial charge in [0.1, 0.15) is 23.8 Å². The van der Waals surface area contributed by atoms with Crippen molar-refractivity contribution in [2.45, 2.75) is 155 Å². The molecule has 10 aromatic rings. The average molecular weight is 1920 g/mol. The number of hydrogen-bond donors (Lipinski definition) is 17. The number of thioether (sulfide) groups is 1. The number of amides is 11. The van der Waals surface area contributed by atoms with Gasteiger partial charge in [0.2, 0.25) is 53.2 Å². The van der Waals surface area contributed by atoms with E-state index in [1.807, 2.05) is 80.3 Å². The fourth-order valence-corrected chi connectivity index (χ4v) is 16.5. The summed E-state index contributed by atoms with van der Waals surface area (Å²) in [5.74, 6) is -12.0. The Labute approximate surface area is 790 Å². The number of anilines is 5. The second kappa shape index (κ2) is 49.7. The minimum Gasteiger partial charge on any atom is -0.481 e. The van der Waals surface area contributed by atoms with E-state index in [0.29, 0.717) is 64.1 Å². The number of carbonyl (C=O) groups is 14. The van der Waals surface area contributed by atoms with Crippen LogP contribution in [-0.4, -0.2) is 212 Å². The number of carboxylic acid groups (broad SMARTS) is 2. The number of aromatic amines is 3. The summed E-state index contributed by atoms with van der Waals surface area (Å²) >= 11 is 7.10. The number of hydrazone groups is 1. The van der Waals surface area contributed by atoms with Crippen molar-refractivity contribution in [3.8, 4) is 0 Å². The third-order valence-electron chi connectivity index (χ3n) is 21.9. The molecular formula is C93H102ClN21O21S. The first-order valence-electron chi connectivity index (χ1n) is 43.0. The summed E-state index contributed by atoms with van der Waals surface area (Å²) in [6.45, 7) is 12.5. The van der Waals surface area contributed by atoms with Gasteiger partial charge in [-0.15, -0.1) is 23.4 Å². The normalized spacial score (nSPS) is 14.2. The van der Waals surface area contributed by atoms with Crippen molar-refractivity contribution >= 4 is 202 Å². The summed E-state index contributed by atoms with van der Waals surface area (Å²) in [6.07, 6.45) is -0.0574. The summed E-state index contributed by atoms with van der Waals surface area (Å²) in [7, 11) is 0. The molecule has 0 saturated carbocycles. The van der Waals surface area contributed by atoms with Crippen molar-refractivity contribution in [2.24, 2.45) is 22.7 Å². The summed E-state index contributed by atoms with van der Waals surface area (Å²) in [5.41, 5.74) is 23.3. The largest absolute Gasteiger partial charge is 0.481 e. The number of unbranched alkanes of at least 4 members (excludes halogenated alkanes) is 1. The summed E-state index contributed by atoms with van der Waals surface area (Å²) in [5, 5.41) is 56.4. The number of alkyl halides is 1. The third kappa shape index (κ3) is 29.5. The van der Waals surface area contributed by atoms with E-state index < -0.39 is 130 Å². The molecule has 2 aliphatic heterocycles. The van der Waals surface area contributed by atoms with Crippen LogP contribution in [0.4, 0.5) is 28.7 Å². The monoisotopic (exact) mass is 1920 g/mol. The molecule has 0 spiro atoms. The van der Waals surface area contributed by atoms with Gasteiger partial charge >= 0.3 is 24.2 Å². The van der Waals surface area contributed by atoms with E-state index in [1.54, 1.807) is 49.4 Å². The van der Waals surface area contributed by atoms with Crippen molar-refractivity contribution in [1.82, 2.24) is 66.8 Å². The van der Waals surface area contributed by atoms with Gasteiger partial charge in [-0.1, -0.05) is 56.7 Å². The lowest BCUT2D eigenvalue weighted by Gasteiger charge is -2.24. The van der Waals surface area contributed by atoms with Crippen LogP contribution in [0.15, 0.2) is 143 Å². The van der Waals surface area contributed by atoms with Crippen LogP contribution in [0.1, 0.15) is 164 Å². The van der Waals surface area contributed by atoms with Crippen LogP contribution in [0.3, 0.4) is 0 Å². The number of nitrogens with zero attached hydrogens (tertiary/aromatic N) is 6. The van der Waals surface area contributed by atoms with Gasteiger partial charge < -0.3 is 79.1 Å². The number of amidine groups is 1. The molecule has 4 aromatic heterocycles. The van der Waals surface area contributed by atoms with Crippen LogP contribution >= 0.6 is 23.4 Å². The van der Waals surface area contributed by atoms with Gasteiger partial charge in [0.05, 0.1) is 53.6 Å². The van der Waals surface area contributed by atoms with E-state index in [-0.39, 0.29) is 129 Å². The SMILES string of the molecule is CC(=NNC(=O)CCN1C(=O)CC(SCC(CC(=O)[C@@H](CC(=O)O)NC(=O)[C@@H](CCCCC(=N)N)NC(=O)[C@H](C)NC(=O)CCCNC(=O)c2ccc(NCc3cnc4nc(N)[nH]c(=O)c4n3)cc2)C(=O)O)C1=O)c1ccc(C(=O)N[C@H](C(=O)Nc2ccc3[nH]c(C)cc3c2)C(C)C)cc1.CC(=O)Nc1ccc2[nH]c(C(=O)N3CC(CCl)c4c3cc(C)c3ccccc43)cc2c1.O=C=O.O=C=O. The number of H-pyrrole nitrogens is 3. The predicted molar refractivity (Wildman–Crippen MR) is 506 cm³/mol. The Morgan fingerprint density at radius 1 is 0.679 bits per heavy atom. The number of aromatic nitrogens is 6. The molecule has 0 radical (unpaired) electrons. The molecule has 718 valence electrons. The van der Waals surface area contributed by atoms with Crippen LogP contribution in [0.5, 0.6) is 0 Å². The number of Topliss-reactive ketones (excluding diaryl/α,β-unsaturated/α-hetero) is 1. The molecule has 42 nitrogen and oxygen atoms in total. The van der Waals surface area contributed by atoms with Crippen LogP contribution in [-0.2, 0) is 78.5 Å². The molecule has 6 heterocycles. The zero-order valence-electron chi connectivity index (χ0n) is 75.4. The Morgan fingerprint density at radius 3 is 1.96 bits per heavy atom. The van der Waals surface area contributed by atoms with Gasteiger partial charge in [0.25, 0.3) is 23.3 Å². The van der Waals surface area contributed by atoms with E-state index in [4.69, 9.17) is 47.7 Å². The standard InChI is InChI=1S/C66H80N18O15S.C25H22ClN3O2.2CO2/c1-33(2)55(62(95)76-43-20-21-45-40(26-43)25-34(3)73-45)79-60(93)39-14-12-37(13-15-39)35(4)82-83-52(87)22-24-84-53(88)29-49(64(84)97)100-32-41(65(98)99)27-48(85)47(28-54(89)90)78-61(94)46(9-6-7-10-50(67)68)77-58(91)36(5)74-51(86)11-8-23-70-59(92)38-16-18-42(19-17-38)71-30-44-31-72-57-56(75-44)63(96)81-66(69)80-57;1-14-9-23-24(20-6-4-3-5-19(14)20)17(12-26)13-29(23)25(31)22-11-16-10-18(27-15(2)30)7-8-21(16)28-22;2*2-1-3/h12-21,25-26,31,33,36,41,46-47,49,55,71,73H,6-11,22-24,27-30,32H2,1-5H3,(H3,67,68)(H,70,92)(H,74,86)(H,76,95)(H,77,91)(H,78,94)(H,79,93)(H,83,87)(H,89,90)(H,98,99)(H3,69,72,80,81,96);3-11,17,28H,12-13H2,1-2H3,(H,27,30);;/t36-,41?,46+,47+,49?,55-;;;/m0.../s1. The zero-order chi connectivity index (χ0) is 100. The van der Waals surface area contributed by atoms with Crippen LogP contribution in [0.2, 0.25) is 0 Å². The highest BCUT2D eigenvalue weighted by Gasteiger charge is 2.41. The lowest BCUT2D eigenvalue weighted by molar-refractivity contribution is -0.193. The summed E-state index contributed by atoms with van der Waals surface area (Å²) in [6, 6.07) is 32.6. The van der Waals surface area contributed by atoms with Gasteiger partial charge in [-0.05, 0) is 171 Å². The fourth-order valence-electron chi connectivity index (χ4n) is 15.0. The molecule has 7 atom stereocenters. The summed E-state index contributed by atoms with van der Waals surface area (Å²) < 4.78 is 0. The number of halogens is 1. The topological polar surface area (TPSA) is 654 Å². The van der Waals surface area contributed by atoms with E-state index in [9.17, 15) is 82.1 Å². The molecule has 0 aliphatic carbocycles. The van der Waals surface area contributed by atoms with Crippen molar-refractivity contribution in [3.05, 3.63) is 189 Å². The minimum atomic E-state index is -1.81. The highest BCUT2D eigenvalue weighted by molar-refractivity contribution is 8.00. The van der Waals surface area contributed by atoms with Crippen LogP contribution < -0.4 is 69.9 Å². The molecule has 3 unspecified atom stereocenters. The van der Waals surface area contributed by atoms with Gasteiger partial charge in [0, 0.05) is 138 Å². The molecule has 11 amide bonds. The zero-order valence-corrected chi connectivity index (χ0v) is 77.0. The number of aryl methyl sites for hydroxylation is 2. The predicted octanol–water partition coefficient (Wildman–Crippen LogP) is 6.90. The van der Waals surface area contributed by atoms with E-state index in [0.717, 1.165) is 66.4 Å². The Bertz CT molecular complexity index is 6400. The number of likely N-dealkylation sites (tertiary alicyclic amines) is 1. The number of nitrogens with one attached hydrogen (secondary N) is 13. The Balaban J connectivity index is 0.000000468. The van der Waals surface area contributed by atoms with E-state index in [2.05, 4.69) is 108 Å². The maximum atomic E-state index is 13.9. The van der Waals surface area contributed by atoms with E-state index >= 15 is 0 Å². The number of rotatable bonds is 40. The smallest absolute Gasteiger partial charge is 0.373 e. The van der Waals surface area contributed by atoms with Crippen molar-refractivity contribution < 1.29 is 96.5 Å². The number of aliphatic carboxylic acids is 2.